The maximum atomic E-state index is 4.56. The fourth-order valence-electron chi connectivity index (χ4n) is 8.29. The number of pyridine rings is 2. The lowest BCUT2D eigenvalue weighted by Gasteiger charge is -2.09. The minimum absolute atomic E-state index is 1.09. The molecule has 12 rings (SSSR count). The Bertz CT molecular complexity index is 2330. The third-order valence-electron chi connectivity index (χ3n) is 10.6. The Hall–Kier alpha value is -7.16. The van der Waals surface area contributed by atoms with Gasteiger partial charge < -0.3 is 0 Å². The van der Waals surface area contributed by atoms with E-state index in [0.29, 0.717) is 0 Å². The molecule has 0 unspecified atom stereocenters. The summed E-state index contributed by atoms with van der Waals surface area (Å²) in [5, 5.41) is 20.7. The van der Waals surface area contributed by atoms with E-state index in [4.69, 9.17) is 0 Å². The van der Waals surface area contributed by atoms with Gasteiger partial charge in [0.1, 0.15) is 0 Å². The third kappa shape index (κ3) is 5.27. The minimum Gasteiger partial charge on any atom is -0.256 e. The van der Waals surface area contributed by atoms with Crippen LogP contribution in [0.2, 0.25) is 0 Å². The van der Waals surface area contributed by atoms with Gasteiger partial charge in [0.2, 0.25) is 0 Å². The Labute approximate surface area is 312 Å². The summed E-state index contributed by atoms with van der Waals surface area (Å²) in [7, 11) is 0. The van der Waals surface area contributed by atoms with Gasteiger partial charge in [0.15, 0.2) is 0 Å². The minimum atomic E-state index is 1.09. The molecule has 0 saturated heterocycles. The van der Waals surface area contributed by atoms with E-state index in [1.54, 1.807) is 0 Å². The first kappa shape index (κ1) is 31.6. The van der Waals surface area contributed by atoms with Crippen molar-refractivity contribution in [2.45, 2.75) is 0 Å². The molecule has 0 atom stereocenters. The van der Waals surface area contributed by atoms with E-state index in [-0.39, 0.29) is 0 Å². The van der Waals surface area contributed by atoms with E-state index in [2.05, 4.69) is 192 Å². The van der Waals surface area contributed by atoms with Crippen molar-refractivity contribution < 1.29 is 0 Å². The standard InChI is InChI=1S/C18H12.2C17H11N/c1-2-8-14-13(7-1)15-9-3-4-11-17(15)18-12-6-5-10-16(14)18;2*1-2-7-14-12(6-1)13-8-3-4-9-15(13)17-16(14)10-5-11-18-17/h1-12H;2*1-11H. The highest BCUT2D eigenvalue weighted by Gasteiger charge is 2.09. The quantitative estimate of drug-likeness (QED) is 0.148. The molecule has 54 heavy (non-hydrogen) atoms. The lowest BCUT2D eigenvalue weighted by molar-refractivity contribution is 1.43. The highest BCUT2D eigenvalue weighted by Crippen LogP contribution is 2.36. The summed E-state index contributed by atoms with van der Waals surface area (Å²) in [6.07, 6.45) is 3.73. The van der Waals surface area contributed by atoms with Gasteiger partial charge in [0.05, 0.1) is 11.0 Å². The maximum Gasteiger partial charge on any atom is 0.0786 e. The second-order valence-corrected chi connectivity index (χ2v) is 13.6. The number of benzene rings is 10. The van der Waals surface area contributed by atoms with Gasteiger partial charge in [-0.25, -0.2) is 0 Å². The monoisotopic (exact) mass is 686 g/mol. The van der Waals surface area contributed by atoms with Gasteiger partial charge in [-0.1, -0.05) is 182 Å². The van der Waals surface area contributed by atoms with Crippen LogP contribution in [0.5, 0.6) is 0 Å². The van der Waals surface area contributed by atoms with Gasteiger partial charge in [-0.3, -0.25) is 9.97 Å². The molecule has 0 N–H and O–H groups in total. The van der Waals surface area contributed by atoms with Gasteiger partial charge in [0, 0.05) is 33.9 Å². The second kappa shape index (κ2) is 13.4. The molecule has 2 heteroatoms. The second-order valence-electron chi connectivity index (χ2n) is 13.6. The number of fused-ring (bicyclic) bond motifs is 18. The zero-order valence-corrected chi connectivity index (χ0v) is 29.5. The Balaban J connectivity index is 0.000000100. The number of rotatable bonds is 0. The van der Waals surface area contributed by atoms with Crippen LogP contribution in [0, 0.1) is 0 Å². The first-order valence-electron chi connectivity index (χ1n) is 18.4. The maximum absolute atomic E-state index is 4.56. The predicted molar refractivity (Wildman–Crippen MR) is 232 cm³/mol. The van der Waals surface area contributed by atoms with Crippen molar-refractivity contribution in [1.29, 1.82) is 0 Å². The summed E-state index contributed by atoms with van der Waals surface area (Å²) in [4.78, 5) is 9.12. The van der Waals surface area contributed by atoms with Crippen LogP contribution >= 0.6 is 0 Å². The van der Waals surface area contributed by atoms with Crippen molar-refractivity contribution >= 4 is 97.2 Å². The molecule has 0 amide bonds. The number of aromatic nitrogens is 2. The molecular formula is C52H34N2. The Kier molecular flexibility index (Phi) is 7.85. The summed E-state index contributed by atoms with van der Waals surface area (Å²) in [5.74, 6) is 0. The molecule has 0 radical (unpaired) electrons. The van der Waals surface area contributed by atoms with E-state index in [9.17, 15) is 0 Å². The lowest BCUT2D eigenvalue weighted by atomic mass is 9.95. The molecule has 0 fully saturated rings. The van der Waals surface area contributed by atoms with Gasteiger partial charge in [0.25, 0.3) is 0 Å². The van der Waals surface area contributed by atoms with Crippen molar-refractivity contribution in [2.75, 3.05) is 0 Å². The molecule has 2 aromatic heterocycles. The van der Waals surface area contributed by atoms with Crippen molar-refractivity contribution in [1.82, 2.24) is 9.97 Å². The summed E-state index contributed by atoms with van der Waals surface area (Å²) >= 11 is 0. The number of hydrogen-bond donors (Lipinski definition) is 0. The molecule has 12 aromatic rings. The molecular weight excluding hydrogens is 653 g/mol. The van der Waals surface area contributed by atoms with Crippen molar-refractivity contribution in [3.05, 3.63) is 207 Å². The molecule has 0 bridgehead atoms. The van der Waals surface area contributed by atoms with Crippen molar-refractivity contribution in [3.8, 4) is 0 Å². The van der Waals surface area contributed by atoms with Crippen LogP contribution in [0.15, 0.2) is 207 Å². The lowest BCUT2D eigenvalue weighted by Crippen LogP contribution is -1.84. The highest BCUT2D eigenvalue weighted by molar-refractivity contribution is 6.26. The zero-order valence-electron chi connectivity index (χ0n) is 29.5. The largest absolute Gasteiger partial charge is 0.256 e. The van der Waals surface area contributed by atoms with Gasteiger partial charge >= 0.3 is 0 Å². The smallest absolute Gasteiger partial charge is 0.0786 e. The van der Waals surface area contributed by atoms with Crippen LogP contribution < -0.4 is 0 Å². The molecule has 10 aromatic carbocycles. The van der Waals surface area contributed by atoms with Crippen molar-refractivity contribution in [3.63, 3.8) is 0 Å². The summed E-state index contributed by atoms with van der Waals surface area (Å²) in [5.41, 5.74) is 2.18. The SMILES string of the molecule is c1ccc2c(c1)c1ccccc1c1ccccc21.c1ccc2c(c1)c1ccccc1c1ncccc21.c1ccc2c(c1)c1ccccc1c1ncccc21. The number of nitrogens with zero attached hydrogens (tertiary/aromatic N) is 2. The Morgan fingerprint density at radius 1 is 0.167 bits per heavy atom. The van der Waals surface area contributed by atoms with Crippen LogP contribution in [0.4, 0.5) is 0 Å². The Morgan fingerprint density at radius 2 is 0.315 bits per heavy atom. The molecule has 0 saturated carbocycles. The average molecular weight is 687 g/mol. The van der Waals surface area contributed by atoms with E-state index in [1.807, 2.05) is 24.5 Å². The normalized spacial score (nSPS) is 11.3. The molecule has 0 aliphatic rings. The van der Waals surface area contributed by atoms with Crippen LogP contribution in [0.25, 0.3) is 97.2 Å². The summed E-state index contributed by atoms with van der Waals surface area (Å²) < 4.78 is 0. The number of hydrogen-bond acceptors (Lipinski definition) is 2. The fourth-order valence-corrected chi connectivity index (χ4v) is 8.29. The van der Waals surface area contributed by atoms with Crippen LogP contribution in [-0.4, -0.2) is 9.97 Å². The molecule has 252 valence electrons. The van der Waals surface area contributed by atoms with E-state index in [1.165, 1.54) is 86.2 Å². The Morgan fingerprint density at radius 3 is 0.519 bits per heavy atom. The average Bonchev–Trinajstić information content (AvgIpc) is 3.27. The molecule has 0 aliphatic carbocycles. The van der Waals surface area contributed by atoms with Crippen LogP contribution in [0.1, 0.15) is 0 Å². The molecule has 2 heterocycles. The fraction of sp³-hybridized carbons (Fsp3) is 0. The zero-order chi connectivity index (χ0) is 35.8. The van der Waals surface area contributed by atoms with E-state index < -0.39 is 0 Å². The molecule has 0 aliphatic heterocycles. The summed E-state index contributed by atoms with van der Waals surface area (Å²) in [6, 6.07) is 68.3. The van der Waals surface area contributed by atoms with Crippen LogP contribution in [0.3, 0.4) is 0 Å². The highest BCUT2D eigenvalue weighted by atomic mass is 14.7. The van der Waals surface area contributed by atoms with Crippen LogP contribution in [-0.2, 0) is 0 Å². The predicted octanol–water partition coefficient (Wildman–Crippen LogP) is 14.2. The molecule has 0 spiro atoms. The molecule has 2 nitrogen and oxygen atoms in total. The van der Waals surface area contributed by atoms with Gasteiger partial charge in [-0.15, -0.1) is 0 Å². The first-order chi connectivity index (χ1) is 26.8. The van der Waals surface area contributed by atoms with E-state index in [0.717, 1.165) is 11.0 Å². The van der Waals surface area contributed by atoms with E-state index >= 15 is 0 Å². The van der Waals surface area contributed by atoms with Gasteiger partial charge in [-0.2, -0.15) is 0 Å². The van der Waals surface area contributed by atoms with Gasteiger partial charge in [-0.05, 0) is 76.8 Å². The third-order valence-corrected chi connectivity index (χ3v) is 10.6. The first-order valence-corrected chi connectivity index (χ1v) is 18.4. The topological polar surface area (TPSA) is 25.8 Å². The summed E-state index contributed by atoms with van der Waals surface area (Å²) in [6.45, 7) is 0. The van der Waals surface area contributed by atoms with Crippen molar-refractivity contribution in [2.24, 2.45) is 0 Å².